The largest absolute Gasteiger partial charge is 0.392 e. The zero-order valence-corrected chi connectivity index (χ0v) is 10.9. The fourth-order valence-electron chi connectivity index (χ4n) is 1.91. The Hall–Kier alpha value is -1.80. The van der Waals surface area contributed by atoms with E-state index in [1.54, 1.807) is 0 Å². The highest BCUT2D eigenvalue weighted by atomic mass is 16.3. The van der Waals surface area contributed by atoms with Crippen molar-refractivity contribution in [1.82, 2.24) is 0 Å². The van der Waals surface area contributed by atoms with Crippen molar-refractivity contribution < 1.29 is 5.11 Å². The molecule has 94 valence electrons. The molecule has 18 heavy (non-hydrogen) atoms. The molecule has 0 bridgehead atoms. The first-order valence-corrected chi connectivity index (χ1v) is 6.15. The van der Waals surface area contributed by atoms with Crippen LogP contribution in [0.15, 0.2) is 48.5 Å². The number of nitrogens with zero attached hydrogens (tertiary/aromatic N) is 1. The Bertz CT molecular complexity index is 488. The second kappa shape index (κ2) is 5.69. The standard InChI is InChI=1S/C16H19NO/c1-13-3-5-14(6-4-13)11-17(2)16-9-7-15(12-18)8-10-16/h3-10,18H,11-12H2,1-2H3. The van der Waals surface area contributed by atoms with E-state index < -0.39 is 0 Å². The molecule has 0 atom stereocenters. The van der Waals surface area contributed by atoms with E-state index in [2.05, 4.69) is 43.1 Å². The molecule has 0 radical (unpaired) electrons. The van der Waals surface area contributed by atoms with Gasteiger partial charge in [-0.25, -0.2) is 0 Å². The van der Waals surface area contributed by atoms with Gasteiger partial charge in [0.1, 0.15) is 0 Å². The van der Waals surface area contributed by atoms with E-state index in [-0.39, 0.29) is 6.61 Å². The maximum Gasteiger partial charge on any atom is 0.0681 e. The minimum atomic E-state index is 0.0992. The zero-order valence-electron chi connectivity index (χ0n) is 10.9. The highest BCUT2D eigenvalue weighted by Crippen LogP contribution is 2.16. The molecule has 2 heteroatoms. The van der Waals surface area contributed by atoms with Gasteiger partial charge >= 0.3 is 0 Å². The third-order valence-corrected chi connectivity index (χ3v) is 3.10. The Balaban J connectivity index is 2.06. The summed E-state index contributed by atoms with van der Waals surface area (Å²) in [5.41, 5.74) is 4.69. The fraction of sp³-hybridized carbons (Fsp3) is 0.250. The van der Waals surface area contributed by atoms with Crippen molar-refractivity contribution in [1.29, 1.82) is 0 Å². The van der Waals surface area contributed by atoms with Gasteiger partial charge < -0.3 is 10.0 Å². The van der Waals surface area contributed by atoms with Crippen LogP contribution in [0.4, 0.5) is 5.69 Å². The van der Waals surface area contributed by atoms with E-state index in [0.29, 0.717) is 0 Å². The minimum Gasteiger partial charge on any atom is -0.392 e. The number of rotatable bonds is 4. The Morgan fingerprint density at radius 1 is 0.889 bits per heavy atom. The van der Waals surface area contributed by atoms with E-state index >= 15 is 0 Å². The molecule has 1 N–H and O–H groups in total. The molecule has 0 heterocycles. The van der Waals surface area contributed by atoms with Crippen molar-refractivity contribution in [3.8, 4) is 0 Å². The number of aliphatic hydroxyl groups is 1. The highest BCUT2D eigenvalue weighted by molar-refractivity contribution is 5.47. The van der Waals surface area contributed by atoms with Gasteiger partial charge in [0.2, 0.25) is 0 Å². The predicted octanol–water partition coefficient (Wildman–Crippen LogP) is 3.12. The van der Waals surface area contributed by atoms with Gasteiger partial charge in [-0.3, -0.25) is 0 Å². The van der Waals surface area contributed by atoms with E-state index in [0.717, 1.165) is 17.8 Å². The summed E-state index contributed by atoms with van der Waals surface area (Å²) in [5.74, 6) is 0. The fourth-order valence-corrected chi connectivity index (χ4v) is 1.91. The summed E-state index contributed by atoms with van der Waals surface area (Å²) in [6.07, 6.45) is 0. The number of hydrogen-bond acceptors (Lipinski definition) is 2. The Morgan fingerprint density at radius 3 is 2.00 bits per heavy atom. The number of hydrogen-bond donors (Lipinski definition) is 1. The molecule has 0 saturated carbocycles. The van der Waals surface area contributed by atoms with Crippen LogP contribution >= 0.6 is 0 Å². The molecule has 0 aliphatic rings. The lowest BCUT2D eigenvalue weighted by atomic mass is 10.1. The molecule has 0 aliphatic carbocycles. The van der Waals surface area contributed by atoms with Crippen LogP contribution in [-0.4, -0.2) is 12.2 Å². The third kappa shape index (κ3) is 3.11. The number of aryl methyl sites for hydroxylation is 1. The van der Waals surface area contributed by atoms with E-state index in [1.807, 2.05) is 24.3 Å². The Labute approximate surface area is 109 Å². The van der Waals surface area contributed by atoms with Crippen molar-refractivity contribution in [3.63, 3.8) is 0 Å². The van der Waals surface area contributed by atoms with Crippen molar-refractivity contribution in [2.24, 2.45) is 0 Å². The summed E-state index contributed by atoms with van der Waals surface area (Å²) >= 11 is 0. The first kappa shape index (κ1) is 12.7. The normalized spacial score (nSPS) is 10.4. The number of aliphatic hydroxyl groups excluding tert-OH is 1. The smallest absolute Gasteiger partial charge is 0.0681 e. The quantitative estimate of drug-likeness (QED) is 0.889. The monoisotopic (exact) mass is 241 g/mol. The van der Waals surface area contributed by atoms with Gasteiger partial charge in [0.15, 0.2) is 0 Å². The number of anilines is 1. The molecule has 2 nitrogen and oxygen atoms in total. The van der Waals surface area contributed by atoms with Crippen LogP contribution in [-0.2, 0) is 13.2 Å². The predicted molar refractivity (Wildman–Crippen MR) is 75.7 cm³/mol. The Kier molecular flexibility index (Phi) is 4.00. The zero-order chi connectivity index (χ0) is 13.0. The van der Waals surface area contributed by atoms with Crippen LogP contribution in [0.3, 0.4) is 0 Å². The van der Waals surface area contributed by atoms with Gasteiger partial charge in [0, 0.05) is 19.3 Å². The third-order valence-electron chi connectivity index (χ3n) is 3.10. The second-order valence-electron chi connectivity index (χ2n) is 4.67. The molecule has 0 fully saturated rings. The molecule has 0 unspecified atom stereocenters. The van der Waals surface area contributed by atoms with Crippen molar-refractivity contribution >= 4 is 5.69 Å². The summed E-state index contributed by atoms with van der Waals surface area (Å²) in [7, 11) is 2.08. The summed E-state index contributed by atoms with van der Waals surface area (Å²) in [6.45, 7) is 3.09. The van der Waals surface area contributed by atoms with Gasteiger partial charge in [-0.2, -0.15) is 0 Å². The van der Waals surface area contributed by atoms with E-state index in [9.17, 15) is 0 Å². The molecular weight excluding hydrogens is 222 g/mol. The molecule has 2 aromatic carbocycles. The van der Waals surface area contributed by atoms with Crippen LogP contribution in [0.25, 0.3) is 0 Å². The highest BCUT2D eigenvalue weighted by Gasteiger charge is 2.02. The topological polar surface area (TPSA) is 23.5 Å². The second-order valence-corrected chi connectivity index (χ2v) is 4.67. The van der Waals surface area contributed by atoms with Crippen molar-refractivity contribution in [2.45, 2.75) is 20.1 Å². The van der Waals surface area contributed by atoms with Crippen LogP contribution < -0.4 is 4.90 Å². The summed E-state index contributed by atoms with van der Waals surface area (Å²) in [6, 6.07) is 16.6. The van der Waals surface area contributed by atoms with Gasteiger partial charge in [-0.1, -0.05) is 42.0 Å². The maximum atomic E-state index is 9.01. The van der Waals surface area contributed by atoms with Gasteiger partial charge in [-0.15, -0.1) is 0 Å². The minimum absolute atomic E-state index is 0.0992. The van der Waals surface area contributed by atoms with Crippen LogP contribution in [0.2, 0.25) is 0 Å². The first-order valence-electron chi connectivity index (χ1n) is 6.15. The van der Waals surface area contributed by atoms with Gasteiger partial charge in [0.05, 0.1) is 6.61 Å². The average molecular weight is 241 g/mol. The molecule has 2 rings (SSSR count). The SMILES string of the molecule is Cc1ccc(CN(C)c2ccc(CO)cc2)cc1. The van der Waals surface area contributed by atoms with E-state index in [4.69, 9.17) is 5.11 Å². The molecule has 0 aromatic heterocycles. The lowest BCUT2D eigenvalue weighted by Crippen LogP contribution is -2.16. The average Bonchev–Trinajstić information content (AvgIpc) is 2.41. The molecular formula is C16H19NO. The van der Waals surface area contributed by atoms with Gasteiger partial charge in [-0.05, 0) is 30.2 Å². The molecule has 0 amide bonds. The summed E-state index contributed by atoms with van der Waals surface area (Å²) in [5, 5.41) is 9.01. The van der Waals surface area contributed by atoms with Crippen LogP contribution in [0.1, 0.15) is 16.7 Å². The van der Waals surface area contributed by atoms with Gasteiger partial charge in [0.25, 0.3) is 0 Å². The molecule has 0 spiro atoms. The van der Waals surface area contributed by atoms with Crippen molar-refractivity contribution in [3.05, 3.63) is 65.2 Å². The molecule has 2 aromatic rings. The van der Waals surface area contributed by atoms with Crippen LogP contribution in [0.5, 0.6) is 0 Å². The summed E-state index contributed by atoms with van der Waals surface area (Å²) in [4.78, 5) is 2.20. The van der Waals surface area contributed by atoms with E-state index in [1.165, 1.54) is 11.1 Å². The lowest BCUT2D eigenvalue weighted by Gasteiger charge is -2.19. The first-order chi connectivity index (χ1) is 8.69. The van der Waals surface area contributed by atoms with Crippen molar-refractivity contribution in [2.75, 3.05) is 11.9 Å². The van der Waals surface area contributed by atoms with Crippen LogP contribution in [0, 0.1) is 6.92 Å². The molecule has 0 saturated heterocycles. The summed E-state index contributed by atoms with van der Waals surface area (Å²) < 4.78 is 0. The maximum absolute atomic E-state index is 9.01. The lowest BCUT2D eigenvalue weighted by molar-refractivity contribution is 0.282. The molecule has 0 aliphatic heterocycles. The Morgan fingerprint density at radius 2 is 1.44 bits per heavy atom. The number of benzene rings is 2.